The van der Waals surface area contributed by atoms with Crippen LogP contribution in [-0.2, 0) is 0 Å². The van der Waals surface area contributed by atoms with Gasteiger partial charge in [0.15, 0.2) is 0 Å². The molecule has 0 bridgehead atoms. The number of benzene rings is 1. The number of rotatable bonds is 5. The molecule has 1 aromatic carbocycles. The van der Waals surface area contributed by atoms with Gasteiger partial charge in [-0.25, -0.2) is 0 Å². The minimum Gasteiger partial charge on any atom is -0.497 e. The Morgan fingerprint density at radius 3 is 2.50 bits per heavy atom. The Bertz CT molecular complexity index is 493. The Morgan fingerprint density at radius 1 is 1.28 bits per heavy atom. The van der Waals surface area contributed by atoms with E-state index in [0.29, 0.717) is 0 Å². The van der Waals surface area contributed by atoms with Gasteiger partial charge < -0.3 is 14.5 Å². The summed E-state index contributed by atoms with van der Waals surface area (Å²) in [4.78, 5) is 0. The zero-order chi connectivity index (χ0) is 13.0. The monoisotopic (exact) mass is 309 g/mol. The zero-order valence-corrected chi connectivity index (χ0v) is 12.0. The van der Waals surface area contributed by atoms with Crippen molar-refractivity contribution in [1.82, 2.24) is 5.32 Å². The van der Waals surface area contributed by atoms with Crippen LogP contribution in [0.2, 0.25) is 0 Å². The highest BCUT2D eigenvalue weighted by atomic mass is 79.9. The molecule has 4 heteroatoms. The largest absolute Gasteiger partial charge is 0.497 e. The van der Waals surface area contributed by atoms with Gasteiger partial charge >= 0.3 is 0 Å². The fourth-order valence-electron chi connectivity index (χ4n) is 1.87. The first-order valence-corrected chi connectivity index (χ1v) is 6.65. The Kier molecular flexibility index (Phi) is 4.44. The highest BCUT2D eigenvalue weighted by Crippen LogP contribution is 2.30. The third kappa shape index (κ3) is 2.76. The first-order chi connectivity index (χ1) is 8.76. The minimum atomic E-state index is 0.0466. The first kappa shape index (κ1) is 13.2. The second-order valence-corrected chi connectivity index (χ2v) is 4.75. The Balaban J connectivity index is 2.32. The van der Waals surface area contributed by atoms with Crippen LogP contribution in [0.15, 0.2) is 45.5 Å². The molecule has 0 saturated carbocycles. The number of hydrogen-bond acceptors (Lipinski definition) is 3. The first-order valence-electron chi connectivity index (χ1n) is 5.86. The number of nitrogens with one attached hydrogen (secondary N) is 1. The van der Waals surface area contributed by atoms with Crippen LogP contribution in [0, 0.1) is 0 Å². The zero-order valence-electron chi connectivity index (χ0n) is 10.4. The molecule has 1 N–H and O–H groups in total. The second kappa shape index (κ2) is 6.07. The molecule has 0 aliphatic heterocycles. The van der Waals surface area contributed by atoms with E-state index in [2.05, 4.69) is 28.2 Å². The van der Waals surface area contributed by atoms with Crippen molar-refractivity contribution in [1.29, 1.82) is 0 Å². The smallest absolute Gasteiger partial charge is 0.139 e. The molecule has 0 spiro atoms. The standard InChI is InChI=1S/C14H16BrNO2/c1-3-16-13(14-12(15)8-9-18-14)10-4-6-11(17-2)7-5-10/h4-9,13,16H,3H2,1-2H3. The van der Waals surface area contributed by atoms with Gasteiger partial charge in [0.2, 0.25) is 0 Å². The van der Waals surface area contributed by atoms with Crippen molar-refractivity contribution in [2.75, 3.05) is 13.7 Å². The third-order valence-corrected chi connectivity index (χ3v) is 3.42. The molecule has 2 aromatic rings. The topological polar surface area (TPSA) is 34.4 Å². The number of hydrogen-bond donors (Lipinski definition) is 1. The van der Waals surface area contributed by atoms with Crippen LogP contribution in [0.25, 0.3) is 0 Å². The molecule has 2 rings (SSSR count). The van der Waals surface area contributed by atoms with Crippen LogP contribution in [0.1, 0.15) is 24.3 Å². The molecular formula is C14H16BrNO2. The number of halogens is 1. The molecule has 3 nitrogen and oxygen atoms in total. The van der Waals surface area contributed by atoms with Crippen LogP contribution in [0.4, 0.5) is 0 Å². The lowest BCUT2D eigenvalue weighted by Crippen LogP contribution is -2.21. The van der Waals surface area contributed by atoms with Crippen LogP contribution in [-0.4, -0.2) is 13.7 Å². The molecule has 0 aliphatic carbocycles. The summed E-state index contributed by atoms with van der Waals surface area (Å²) in [7, 11) is 1.67. The molecule has 0 aliphatic rings. The highest BCUT2D eigenvalue weighted by molar-refractivity contribution is 9.10. The normalized spacial score (nSPS) is 12.4. The molecule has 0 saturated heterocycles. The lowest BCUT2D eigenvalue weighted by Gasteiger charge is -2.17. The minimum absolute atomic E-state index is 0.0466. The van der Waals surface area contributed by atoms with Crippen molar-refractivity contribution in [2.45, 2.75) is 13.0 Å². The maximum Gasteiger partial charge on any atom is 0.139 e. The summed E-state index contributed by atoms with van der Waals surface area (Å²) in [6.07, 6.45) is 1.69. The van der Waals surface area contributed by atoms with Crippen molar-refractivity contribution in [2.24, 2.45) is 0 Å². The summed E-state index contributed by atoms with van der Waals surface area (Å²) >= 11 is 3.50. The predicted molar refractivity (Wildman–Crippen MR) is 74.9 cm³/mol. The van der Waals surface area contributed by atoms with E-state index in [-0.39, 0.29) is 6.04 Å². The van der Waals surface area contributed by atoms with Gasteiger partial charge in [-0.1, -0.05) is 19.1 Å². The van der Waals surface area contributed by atoms with E-state index in [1.807, 2.05) is 30.3 Å². The number of methoxy groups -OCH3 is 1. The van der Waals surface area contributed by atoms with Gasteiger partial charge in [-0.3, -0.25) is 0 Å². The predicted octanol–water partition coefficient (Wildman–Crippen LogP) is 3.75. The number of ether oxygens (including phenoxy) is 1. The molecule has 18 heavy (non-hydrogen) atoms. The van der Waals surface area contributed by atoms with E-state index in [0.717, 1.165) is 28.1 Å². The van der Waals surface area contributed by atoms with Crippen molar-refractivity contribution >= 4 is 15.9 Å². The maximum atomic E-state index is 5.55. The molecule has 0 fully saturated rings. The lowest BCUT2D eigenvalue weighted by molar-refractivity contribution is 0.413. The molecule has 0 radical (unpaired) electrons. The summed E-state index contributed by atoms with van der Waals surface area (Å²) in [6, 6.07) is 9.95. The Morgan fingerprint density at radius 2 is 2.00 bits per heavy atom. The van der Waals surface area contributed by atoms with E-state index in [1.165, 1.54) is 0 Å². The molecule has 0 amide bonds. The van der Waals surface area contributed by atoms with Gasteiger partial charge in [0.05, 0.1) is 23.9 Å². The van der Waals surface area contributed by atoms with E-state index in [4.69, 9.17) is 9.15 Å². The molecule has 96 valence electrons. The lowest BCUT2D eigenvalue weighted by atomic mass is 10.0. The fraction of sp³-hybridized carbons (Fsp3) is 0.286. The van der Waals surface area contributed by atoms with Crippen molar-refractivity contribution in [3.05, 3.63) is 52.4 Å². The van der Waals surface area contributed by atoms with Crippen molar-refractivity contribution < 1.29 is 9.15 Å². The highest BCUT2D eigenvalue weighted by Gasteiger charge is 2.18. The van der Waals surface area contributed by atoms with E-state index in [9.17, 15) is 0 Å². The third-order valence-electron chi connectivity index (χ3n) is 2.76. The van der Waals surface area contributed by atoms with E-state index in [1.54, 1.807) is 13.4 Å². The number of furan rings is 1. The average Bonchev–Trinajstić information content (AvgIpc) is 2.82. The molecular weight excluding hydrogens is 294 g/mol. The second-order valence-electron chi connectivity index (χ2n) is 3.90. The Hall–Kier alpha value is -1.26. The summed E-state index contributed by atoms with van der Waals surface area (Å²) in [5.74, 6) is 1.74. The van der Waals surface area contributed by atoms with Crippen molar-refractivity contribution in [3.63, 3.8) is 0 Å². The van der Waals surface area contributed by atoms with Gasteiger partial charge in [0, 0.05) is 0 Å². The Labute approximate surface area is 115 Å². The average molecular weight is 310 g/mol. The quantitative estimate of drug-likeness (QED) is 0.913. The summed E-state index contributed by atoms with van der Waals surface area (Å²) in [5.41, 5.74) is 1.15. The van der Waals surface area contributed by atoms with Crippen LogP contribution >= 0.6 is 15.9 Å². The van der Waals surface area contributed by atoms with E-state index >= 15 is 0 Å². The van der Waals surface area contributed by atoms with Crippen LogP contribution in [0.3, 0.4) is 0 Å². The van der Waals surface area contributed by atoms with Gasteiger partial charge in [-0.2, -0.15) is 0 Å². The van der Waals surface area contributed by atoms with Gasteiger partial charge in [0.1, 0.15) is 11.5 Å². The SMILES string of the molecule is CCNC(c1ccc(OC)cc1)c1occc1Br. The molecule has 1 heterocycles. The molecule has 1 aromatic heterocycles. The van der Waals surface area contributed by atoms with Crippen LogP contribution < -0.4 is 10.1 Å². The van der Waals surface area contributed by atoms with Crippen molar-refractivity contribution in [3.8, 4) is 5.75 Å². The van der Waals surface area contributed by atoms with Gasteiger partial charge in [-0.15, -0.1) is 0 Å². The molecule has 1 unspecified atom stereocenters. The maximum absolute atomic E-state index is 5.55. The summed E-state index contributed by atoms with van der Waals surface area (Å²) in [6.45, 7) is 2.94. The fourth-order valence-corrected chi connectivity index (χ4v) is 2.30. The van der Waals surface area contributed by atoms with Crippen LogP contribution in [0.5, 0.6) is 5.75 Å². The van der Waals surface area contributed by atoms with Gasteiger partial charge in [0.25, 0.3) is 0 Å². The summed E-state index contributed by atoms with van der Waals surface area (Å²) < 4.78 is 11.7. The summed E-state index contributed by atoms with van der Waals surface area (Å²) in [5, 5.41) is 3.42. The van der Waals surface area contributed by atoms with Gasteiger partial charge in [-0.05, 0) is 46.2 Å². The van der Waals surface area contributed by atoms with E-state index < -0.39 is 0 Å². The molecule has 1 atom stereocenters.